The smallest absolute Gasteiger partial charge is 0.325 e. The molecule has 0 radical (unpaired) electrons. The molecule has 3 rings (SSSR count). The molecule has 170 valence electrons. The van der Waals surface area contributed by atoms with E-state index in [4.69, 9.17) is 0 Å². The lowest BCUT2D eigenvalue weighted by molar-refractivity contribution is -0.137. The first-order chi connectivity index (χ1) is 15.3. The number of nitrogens with one attached hydrogen (secondary N) is 1. The lowest BCUT2D eigenvalue weighted by Gasteiger charge is -2.16. The summed E-state index contributed by atoms with van der Waals surface area (Å²) in [6, 6.07) is 13.6. The maximum atomic E-state index is 13.2. The molecule has 0 spiro atoms. The molecule has 0 aliphatic carbocycles. The minimum atomic E-state index is -4.52. The zero-order valence-corrected chi connectivity index (χ0v) is 17.7. The predicted molar refractivity (Wildman–Crippen MR) is 117 cm³/mol. The molecule has 0 unspecified atom stereocenters. The number of benzene rings is 2. The van der Waals surface area contributed by atoms with Crippen molar-refractivity contribution in [2.24, 2.45) is 0 Å². The minimum absolute atomic E-state index is 0.0774. The zero-order valence-electron chi connectivity index (χ0n) is 17.7. The Kier molecular flexibility index (Phi) is 7.50. The molecule has 0 amide bonds. The van der Waals surface area contributed by atoms with E-state index < -0.39 is 23.1 Å². The fraction of sp³-hybridized carbons (Fsp3) is 0.348. The minimum Gasteiger partial charge on any atom is -0.325 e. The summed E-state index contributed by atoms with van der Waals surface area (Å²) in [6.07, 6.45) is -0.959. The second-order valence-corrected chi connectivity index (χ2v) is 7.49. The van der Waals surface area contributed by atoms with Crippen LogP contribution in [0.25, 0.3) is 0 Å². The number of hydrogen-bond acceptors (Lipinski definition) is 4. The lowest BCUT2D eigenvalue weighted by atomic mass is 10.2. The van der Waals surface area contributed by atoms with Crippen molar-refractivity contribution in [2.75, 3.05) is 5.32 Å². The van der Waals surface area contributed by atoms with Crippen LogP contribution < -0.4 is 16.7 Å². The molecular weight excluding hydrogens is 421 g/mol. The SMILES string of the molecule is CCCCCCn1c(=O)nc(Nc2cccc(C(F)(F)F)c2)n(Cc2ccccc2)c1=O. The maximum Gasteiger partial charge on any atom is 0.416 e. The van der Waals surface area contributed by atoms with Crippen molar-refractivity contribution in [2.45, 2.75) is 51.9 Å². The fourth-order valence-electron chi connectivity index (χ4n) is 3.32. The van der Waals surface area contributed by atoms with E-state index in [1.54, 1.807) is 0 Å². The first kappa shape index (κ1) is 23.3. The van der Waals surface area contributed by atoms with Gasteiger partial charge in [0.05, 0.1) is 12.1 Å². The molecule has 1 heterocycles. The van der Waals surface area contributed by atoms with Gasteiger partial charge in [0.1, 0.15) is 0 Å². The number of anilines is 2. The molecule has 1 aromatic heterocycles. The zero-order chi connectivity index (χ0) is 23.1. The monoisotopic (exact) mass is 446 g/mol. The van der Waals surface area contributed by atoms with E-state index in [9.17, 15) is 22.8 Å². The standard InChI is InChI=1S/C23H25F3N4O2/c1-2-3-4-8-14-29-21(31)28-20(27-19-13-9-12-18(15-19)23(24,25)26)30(22(29)32)16-17-10-6-5-7-11-17/h5-7,9-13,15H,2-4,8,14,16H2,1H3,(H,27,28,31). The first-order valence-electron chi connectivity index (χ1n) is 10.5. The Morgan fingerprint density at radius 3 is 2.38 bits per heavy atom. The van der Waals surface area contributed by atoms with E-state index >= 15 is 0 Å². The van der Waals surface area contributed by atoms with Crippen molar-refractivity contribution >= 4 is 11.6 Å². The Morgan fingerprint density at radius 1 is 0.938 bits per heavy atom. The topological polar surface area (TPSA) is 68.9 Å². The van der Waals surface area contributed by atoms with Crippen molar-refractivity contribution < 1.29 is 13.2 Å². The summed E-state index contributed by atoms with van der Waals surface area (Å²) in [5, 5.41) is 2.73. The van der Waals surface area contributed by atoms with E-state index in [0.717, 1.165) is 41.5 Å². The molecule has 2 aromatic carbocycles. The van der Waals surface area contributed by atoms with Gasteiger partial charge in [-0.15, -0.1) is 0 Å². The molecular formula is C23H25F3N4O2. The highest BCUT2D eigenvalue weighted by molar-refractivity contribution is 5.55. The highest BCUT2D eigenvalue weighted by Crippen LogP contribution is 2.31. The van der Waals surface area contributed by atoms with Crippen LogP contribution in [-0.4, -0.2) is 14.1 Å². The molecule has 9 heteroatoms. The Morgan fingerprint density at radius 2 is 1.69 bits per heavy atom. The molecule has 0 bridgehead atoms. The van der Waals surface area contributed by atoms with Gasteiger partial charge in [0.15, 0.2) is 0 Å². The molecule has 0 saturated carbocycles. The van der Waals surface area contributed by atoms with Gasteiger partial charge in [-0.3, -0.25) is 4.57 Å². The highest BCUT2D eigenvalue weighted by Gasteiger charge is 2.30. The Labute approximate surface area is 183 Å². The third-order valence-electron chi connectivity index (χ3n) is 5.01. The number of aromatic nitrogens is 3. The summed E-state index contributed by atoms with van der Waals surface area (Å²) in [5.74, 6) is -0.104. The van der Waals surface area contributed by atoms with Crippen molar-refractivity contribution in [1.29, 1.82) is 0 Å². The van der Waals surface area contributed by atoms with Crippen LogP contribution in [-0.2, 0) is 19.3 Å². The maximum absolute atomic E-state index is 13.2. The van der Waals surface area contributed by atoms with Crippen LogP contribution in [0.2, 0.25) is 0 Å². The van der Waals surface area contributed by atoms with Gasteiger partial charge in [-0.1, -0.05) is 62.6 Å². The van der Waals surface area contributed by atoms with Gasteiger partial charge in [0, 0.05) is 12.2 Å². The number of unbranched alkanes of at least 4 members (excludes halogenated alkanes) is 3. The summed E-state index contributed by atoms with van der Waals surface area (Å²) < 4.78 is 41.6. The average molecular weight is 446 g/mol. The summed E-state index contributed by atoms with van der Waals surface area (Å²) >= 11 is 0. The van der Waals surface area contributed by atoms with Crippen LogP contribution in [0.1, 0.15) is 43.7 Å². The Bertz CT molecular complexity index is 1150. The van der Waals surface area contributed by atoms with Gasteiger partial charge in [-0.2, -0.15) is 18.2 Å². The van der Waals surface area contributed by atoms with Gasteiger partial charge in [0.25, 0.3) is 0 Å². The molecule has 1 N–H and O–H groups in total. The summed E-state index contributed by atoms with van der Waals surface area (Å²) in [5.41, 5.74) is -1.26. The fourth-order valence-corrected chi connectivity index (χ4v) is 3.32. The van der Waals surface area contributed by atoms with Crippen LogP contribution in [0.3, 0.4) is 0 Å². The van der Waals surface area contributed by atoms with Crippen molar-refractivity contribution in [3.05, 3.63) is 86.7 Å². The number of halogens is 3. The second-order valence-electron chi connectivity index (χ2n) is 7.49. The third kappa shape index (κ3) is 5.87. The number of hydrogen-bond donors (Lipinski definition) is 1. The van der Waals surface area contributed by atoms with Crippen molar-refractivity contribution in [3.63, 3.8) is 0 Å². The van der Waals surface area contributed by atoms with E-state index in [1.807, 2.05) is 30.3 Å². The molecule has 32 heavy (non-hydrogen) atoms. The van der Waals surface area contributed by atoms with Gasteiger partial charge >= 0.3 is 17.6 Å². The lowest BCUT2D eigenvalue weighted by Crippen LogP contribution is -2.42. The molecule has 0 saturated heterocycles. The number of nitrogens with zero attached hydrogens (tertiary/aromatic N) is 3. The van der Waals surface area contributed by atoms with Gasteiger partial charge < -0.3 is 5.32 Å². The van der Waals surface area contributed by atoms with Gasteiger partial charge in [-0.05, 0) is 30.2 Å². The molecule has 0 atom stereocenters. The summed E-state index contributed by atoms with van der Waals surface area (Å²) in [4.78, 5) is 29.7. The van der Waals surface area contributed by atoms with E-state index in [2.05, 4.69) is 17.2 Å². The summed E-state index contributed by atoms with van der Waals surface area (Å²) in [7, 11) is 0. The van der Waals surface area contributed by atoms with E-state index in [1.165, 1.54) is 16.7 Å². The predicted octanol–water partition coefficient (Wildman–Crippen LogP) is 4.80. The highest BCUT2D eigenvalue weighted by atomic mass is 19.4. The largest absolute Gasteiger partial charge is 0.416 e. The molecule has 3 aromatic rings. The van der Waals surface area contributed by atoms with Crippen molar-refractivity contribution in [1.82, 2.24) is 14.1 Å². The molecule has 0 fully saturated rings. The average Bonchev–Trinajstić information content (AvgIpc) is 2.76. The van der Waals surface area contributed by atoms with Gasteiger partial charge in [0.2, 0.25) is 5.95 Å². The first-order valence-corrected chi connectivity index (χ1v) is 10.5. The van der Waals surface area contributed by atoms with Crippen LogP contribution in [0.4, 0.5) is 24.8 Å². The number of alkyl halides is 3. The molecule has 0 aliphatic rings. The third-order valence-corrected chi connectivity index (χ3v) is 5.01. The van der Waals surface area contributed by atoms with Crippen LogP contribution in [0, 0.1) is 0 Å². The van der Waals surface area contributed by atoms with E-state index in [-0.39, 0.29) is 24.7 Å². The normalized spacial score (nSPS) is 11.5. The molecule has 0 aliphatic heterocycles. The Balaban J connectivity index is 2.00. The summed E-state index contributed by atoms with van der Waals surface area (Å²) in [6.45, 7) is 2.42. The van der Waals surface area contributed by atoms with Crippen LogP contribution in [0.15, 0.2) is 64.2 Å². The number of rotatable bonds is 9. The van der Waals surface area contributed by atoms with E-state index in [0.29, 0.717) is 6.42 Å². The van der Waals surface area contributed by atoms with Crippen molar-refractivity contribution in [3.8, 4) is 0 Å². The molecule has 6 nitrogen and oxygen atoms in total. The van der Waals surface area contributed by atoms with Crippen LogP contribution in [0.5, 0.6) is 0 Å². The quantitative estimate of drug-likeness (QED) is 0.480. The second kappa shape index (κ2) is 10.3. The Hall–Kier alpha value is -3.36. The van der Waals surface area contributed by atoms with Gasteiger partial charge in [-0.25, -0.2) is 14.2 Å². The van der Waals surface area contributed by atoms with Crippen LogP contribution >= 0.6 is 0 Å².